The van der Waals surface area contributed by atoms with Crippen LogP contribution in [0.25, 0.3) is 0 Å². The van der Waals surface area contributed by atoms with E-state index in [1.165, 1.54) is 0 Å². The van der Waals surface area contributed by atoms with E-state index in [0.29, 0.717) is 46.4 Å². The molecule has 1 saturated heterocycles. The predicted octanol–water partition coefficient (Wildman–Crippen LogP) is -0.0443. The molecule has 1 fully saturated rings. The Bertz CT molecular complexity index is 133. The van der Waals surface area contributed by atoms with Crippen molar-refractivity contribution in [3.8, 4) is 0 Å². The molecule has 0 aromatic heterocycles. The maximum Gasteiger partial charge on any atom is 0.0987 e. The van der Waals surface area contributed by atoms with E-state index in [1.54, 1.807) is 7.11 Å². The lowest BCUT2D eigenvalue weighted by molar-refractivity contribution is -0.0248. The third-order valence-electron chi connectivity index (χ3n) is 2.16. The van der Waals surface area contributed by atoms with Crippen LogP contribution in [0.3, 0.4) is 0 Å². The zero-order chi connectivity index (χ0) is 10.8. The Morgan fingerprint density at radius 1 is 0.867 bits per heavy atom. The van der Waals surface area contributed by atoms with Gasteiger partial charge in [-0.3, -0.25) is 4.90 Å². The first kappa shape index (κ1) is 12.9. The molecule has 0 aliphatic carbocycles. The van der Waals surface area contributed by atoms with E-state index in [9.17, 15) is 0 Å². The second kappa shape index (κ2) is 9.06. The van der Waals surface area contributed by atoms with Crippen LogP contribution in [0.2, 0.25) is 0 Å². The van der Waals surface area contributed by atoms with Crippen LogP contribution in [0.4, 0.5) is 0 Å². The lowest BCUT2D eigenvalue weighted by Gasteiger charge is -2.21. The van der Waals surface area contributed by atoms with Crippen LogP contribution in [-0.2, 0) is 18.9 Å². The first-order chi connectivity index (χ1) is 7.43. The van der Waals surface area contributed by atoms with Gasteiger partial charge >= 0.3 is 0 Å². The van der Waals surface area contributed by atoms with E-state index in [-0.39, 0.29) is 0 Å². The van der Waals surface area contributed by atoms with Crippen molar-refractivity contribution in [1.82, 2.24) is 4.90 Å². The molecule has 1 heterocycles. The van der Waals surface area contributed by atoms with E-state index in [2.05, 4.69) is 4.90 Å². The molecule has 1 aliphatic heterocycles. The molecule has 0 bridgehead atoms. The highest BCUT2D eigenvalue weighted by Crippen LogP contribution is 1.92. The van der Waals surface area contributed by atoms with Gasteiger partial charge in [-0.2, -0.15) is 0 Å². The predicted molar refractivity (Wildman–Crippen MR) is 55.9 cm³/mol. The summed E-state index contributed by atoms with van der Waals surface area (Å²) in [6, 6.07) is 0. The molecule has 5 heteroatoms. The minimum absolute atomic E-state index is 0.628. The Balaban J connectivity index is 2.19. The van der Waals surface area contributed by atoms with Crippen molar-refractivity contribution in [2.45, 2.75) is 0 Å². The van der Waals surface area contributed by atoms with Gasteiger partial charge < -0.3 is 18.9 Å². The smallest absolute Gasteiger partial charge is 0.0987 e. The van der Waals surface area contributed by atoms with Gasteiger partial charge in [-0.15, -0.1) is 0 Å². The van der Waals surface area contributed by atoms with E-state index >= 15 is 0 Å². The molecular formula is C10H21NO4. The monoisotopic (exact) mass is 219 g/mol. The molecule has 0 aromatic rings. The summed E-state index contributed by atoms with van der Waals surface area (Å²) in [6.45, 7) is 6.40. The van der Waals surface area contributed by atoms with Crippen molar-refractivity contribution >= 4 is 0 Å². The van der Waals surface area contributed by atoms with Crippen molar-refractivity contribution in [3.05, 3.63) is 0 Å². The van der Waals surface area contributed by atoms with Crippen LogP contribution < -0.4 is 0 Å². The van der Waals surface area contributed by atoms with Gasteiger partial charge in [0.2, 0.25) is 0 Å². The molecule has 0 amide bonds. The summed E-state index contributed by atoms with van der Waals surface area (Å²) in [5, 5.41) is 0. The SMILES string of the molecule is COCN1CCOCCOCCOCC1. The second-order valence-corrected chi connectivity index (χ2v) is 3.37. The average molecular weight is 219 g/mol. The minimum Gasteiger partial charge on any atom is -0.378 e. The standard InChI is InChI=1S/C10H21NO4/c1-12-10-11-2-4-13-6-8-15-9-7-14-5-3-11/h2-10H2,1H3. The van der Waals surface area contributed by atoms with Gasteiger partial charge in [0, 0.05) is 20.2 Å². The number of ether oxygens (including phenoxy) is 4. The lowest BCUT2D eigenvalue weighted by atomic mass is 10.5. The van der Waals surface area contributed by atoms with Crippen molar-refractivity contribution in [1.29, 1.82) is 0 Å². The number of hydrogen-bond acceptors (Lipinski definition) is 5. The van der Waals surface area contributed by atoms with Crippen LogP contribution >= 0.6 is 0 Å². The van der Waals surface area contributed by atoms with E-state index < -0.39 is 0 Å². The fourth-order valence-electron chi connectivity index (χ4n) is 1.35. The summed E-state index contributed by atoms with van der Waals surface area (Å²) in [7, 11) is 1.70. The maximum absolute atomic E-state index is 5.42. The average Bonchev–Trinajstić information content (AvgIpc) is 2.22. The minimum atomic E-state index is 0.628. The topological polar surface area (TPSA) is 40.2 Å². The van der Waals surface area contributed by atoms with Crippen molar-refractivity contribution < 1.29 is 18.9 Å². The molecule has 90 valence electrons. The highest BCUT2D eigenvalue weighted by Gasteiger charge is 2.05. The highest BCUT2D eigenvalue weighted by molar-refractivity contribution is 4.52. The summed E-state index contributed by atoms with van der Waals surface area (Å²) in [4.78, 5) is 2.17. The van der Waals surface area contributed by atoms with E-state index in [4.69, 9.17) is 18.9 Å². The lowest BCUT2D eigenvalue weighted by Crippen LogP contribution is -2.33. The molecule has 5 nitrogen and oxygen atoms in total. The van der Waals surface area contributed by atoms with Crippen LogP contribution in [0.15, 0.2) is 0 Å². The number of rotatable bonds is 2. The number of hydrogen-bond donors (Lipinski definition) is 0. The maximum atomic E-state index is 5.42. The van der Waals surface area contributed by atoms with Crippen LogP contribution in [0.1, 0.15) is 0 Å². The zero-order valence-corrected chi connectivity index (χ0v) is 9.44. The Hall–Kier alpha value is -0.200. The summed E-state index contributed by atoms with van der Waals surface area (Å²) in [5.41, 5.74) is 0. The third kappa shape index (κ3) is 6.81. The molecule has 0 N–H and O–H groups in total. The van der Waals surface area contributed by atoms with Crippen molar-refractivity contribution in [2.24, 2.45) is 0 Å². The normalized spacial score (nSPS) is 23.0. The van der Waals surface area contributed by atoms with Gasteiger partial charge in [-0.05, 0) is 0 Å². The fraction of sp³-hybridized carbons (Fsp3) is 1.00. The molecule has 1 aliphatic rings. The largest absolute Gasteiger partial charge is 0.378 e. The second-order valence-electron chi connectivity index (χ2n) is 3.37. The molecule has 0 radical (unpaired) electrons. The third-order valence-corrected chi connectivity index (χ3v) is 2.16. The van der Waals surface area contributed by atoms with Gasteiger partial charge in [0.15, 0.2) is 0 Å². The molecule has 0 saturated carbocycles. The zero-order valence-electron chi connectivity index (χ0n) is 9.44. The summed E-state index contributed by atoms with van der Waals surface area (Å²) in [6.07, 6.45) is 0. The highest BCUT2D eigenvalue weighted by atomic mass is 16.5. The number of nitrogens with zero attached hydrogens (tertiary/aromatic N) is 1. The first-order valence-electron chi connectivity index (χ1n) is 5.38. The van der Waals surface area contributed by atoms with Crippen LogP contribution in [0.5, 0.6) is 0 Å². The molecule has 0 unspecified atom stereocenters. The van der Waals surface area contributed by atoms with Gasteiger partial charge in [0.1, 0.15) is 0 Å². The fourth-order valence-corrected chi connectivity index (χ4v) is 1.35. The van der Waals surface area contributed by atoms with Crippen molar-refractivity contribution in [3.63, 3.8) is 0 Å². The summed E-state index contributed by atoms with van der Waals surface area (Å²) >= 11 is 0. The molecule has 0 atom stereocenters. The van der Waals surface area contributed by atoms with Gasteiger partial charge in [-0.1, -0.05) is 0 Å². The van der Waals surface area contributed by atoms with Gasteiger partial charge in [0.05, 0.1) is 46.4 Å². The molecule has 1 rings (SSSR count). The Labute approximate surface area is 91.2 Å². The quantitative estimate of drug-likeness (QED) is 0.651. The Morgan fingerprint density at radius 3 is 1.80 bits per heavy atom. The van der Waals surface area contributed by atoms with E-state index in [0.717, 1.165) is 13.1 Å². The van der Waals surface area contributed by atoms with Crippen molar-refractivity contribution in [2.75, 3.05) is 66.6 Å². The molecule has 0 aromatic carbocycles. The molecular weight excluding hydrogens is 198 g/mol. The van der Waals surface area contributed by atoms with Crippen LogP contribution in [-0.4, -0.2) is 71.5 Å². The summed E-state index contributed by atoms with van der Waals surface area (Å²) < 4.78 is 21.2. The number of methoxy groups -OCH3 is 1. The van der Waals surface area contributed by atoms with Gasteiger partial charge in [0.25, 0.3) is 0 Å². The first-order valence-corrected chi connectivity index (χ1v) is 5.38. The summed E-state index contributed by atoms with van der Waals surface area (Å²) in [5.74, 6) is 0. The van der Waals surface area contributed by atoms with E-state index in [1.807, 2.05) is 0 Å². The Kier molecular flexibility index (Phi) is 7.77. The Morgan fingerprint density at radius 2 is 1.33 bits per heavy atom. The molecule has 0 spiro atoms. The van der Waals surface area contributed by atoms with Crippen LogP contribution in [0, 0.1) is 0 Å². The molecule has 15 heavy (non-hydrogen) atoms. The van der Waals surface area contributed by atoms with Gasteiger partial charge in [-0.25, -0.2) is 0 Å².